The summed E-state index contributed by atoms with van der Waals surface area (Å²) in [6, 6.07) is 5.49. The standard InChI is InChI=1S/C10H10F3O/c1-9(2,14)7-4-3-5-8(6-7)10(11,12)13/h4-6,14H,1-2H3. The van der Waals surface area contributed by atoms with Crippen molar-refractivity contribution in [1.82, 2.24) is 0 Å². The van der Waals surface area contributed by atoms with E-state index in [4.69, 9.17) is 0 Å². The lowest BCUT2D eigenvalue weighted by Gasteiger charge is -2.18. The molecule has 4 heteroatoms. The molecule has 1 aromatic carbocycles. The largest absolute Gasteiger partial charge is 0.416 e. The van der Waals surface area contributed by atoms with Crippen LogP contribution in [-0.4, -0.2) is 5.11 Å². The van der Waals surface area contributed by atoms with Crippen LogP contribution < -0.4 is 0 Å². The Morgan fingerprint density at radius 2 is 1.64 bits per heavy atom. The fraction of sp³-hybridized carbons (Fsp3) is 0.400. The predicted molar refractivity (Wildman–Crippen MR) is 45.5 cm³/mol. The van der Waals surface area contributed by atoms with Gasteiger partial charge in [-0.3, -0.25) is 0 Å². The molecular weight excluding hydrogens is 193 g/mol. The van der Waals surface area contributed by atoms with Gasteiger partial charge in [0.1, 0.15) is 0 Å². The summed E-state index contributed by atoms with van der Waals surface area (Å²) in [5.74, 6) is 0. The van der Waals surface area contributed by atoms with Crippen molar-refractivity contribution in [3.63, 3.8) is 0 Å². The molecule has 1 radical (unpaired) electrons. The molecule has 0 spiro atoms. The molecule has 0 saturated carbocycles. The van der Waals surface area contributed by atoms with Crippen LogP contribution in [0.5, 0.6) is 0 Å². The Morgan fingerprint density at radius 3 is 2.07 bits per heavy atom. The van der Waals surface area contributed by atoms with Crippen molar-refractivity contribution in [2.75, 3.05) is 0 Å². The third kappa shape index (κ3) is 2.48. The van der Waals surface area contributed by atoms with Crippen LogP contribution in [0.25, 0.3) is 0 Å². The topological polar surface area (TPSA) is 20.2 Å². The Bertz CT molecular complexity index is 294. The highest BCUT2D eigenvalue weighted by Gasteiger charge is 2.31. The molecule has 0 aromatic heterocycles. The molecular formula is C10H10F3O. The van der Waals surface area contributed by atoms with Gasteiger partial charge in [0.2, 0.25) is 0 Å². The van der Waals surface area contributed by atoms with Crippen LogP contribution in [0.4, 0.5) is 13.2 Å². The maximum absolute atomic E-state index is 12.3. The summed E-state index contributed by atoms with van der Waals surface area (Å²) in [6.45, 7) is 2.85. The van der Waals surface area contributed by atoms with E-state index in [-0.39, 0.29) is 5.56 Å². The summed E-state index contributed by atoms with van der Waals surface area (Å²) in [5, 5.41) is 9.49. The number of hydrogen-bond donors (Lipinski definition) is 1. The zero-order chi connectivity index (χ0) is 11.0. The quantitative estimate of drug-likeness (QED) is 0.744. The zero-order valence-electron chi connectivity index (χ0n) is 7.81. The van der Waals surface area contributed by atoms with Gasteiger partial charge in [0.25, 0.3) is 0 Å². The van der Waals surface area contributed by atoms with Gasteiger partial charge in [-0.2, -0.15) is 13.2 Å². The molecule has 0 atom stereocenters. The van der Waals surface area contributed by atoms with Crippen molar-refractivity contribution < 1.29 is 18.3 Å². The van der Waals surface area contributed by atoms with Gasteiger partial charge in [0.15, 0.2) is 0 Å². The Hall–Kier alpha value is -1.03. The summed E-state index contributed by atoms with van der Waals surface area (Å²) in [6.07, 6.45) is -4.39. The van der Waals surface area contributed by atoms with Crippen molar-refractivity contribution in [1.29, 1.82) is 0 Å². The summed E-state index contributed by atoms with van der Waals surface area (Å²) in [7, 11) is 0. The molecule has 0 fully saturated rings. The number of benzene rings is 1. The van der Waals surface area contributed by atoms with Crippen molar-refractivity contribution in [2.24, 2.45) is 0 Å². The van der Waals surface area contributed by atoms with E-state index >= 15 is 0 Å². The van der Waals surface area contributed by atoms with Gasteiger partial charge in [0, 0.05) is 0 Å². The number of halogens is 3. The average molecular weight is 203 g/mol. The number of alkyl halides is 3. The van der Waals surface area contributed by atoms with Crippen LogP contribution in [0.1, 0.15) is 25.0 Å². The minimum atomic E-state index is -4.39. The van der Waals surface area contributed by atoms with E-state index in [0.29, 0.717) is 0 Å². The van der Waals surface area contributed by atoms with Crippen LogP contribution in [0.2, 0.25) is 0 Å². The molecule has 1 rings (SSSR count). The Balaban J connectivity index is 3.15. The van der Waals surface area contributed by atoms with Crippen LogP contribution in [0.15, 0.2) is 18.2 Å². The minimum absolute atomic E-state index is 0.201. The van der Waals surface area contributed by atoms with Gasteiger partial charge in [-0.25, -0.2) is 0 Å². The molecule has 0 unspecified atom stereocenters. The van der Waals surface area contributed by atoms with Crippen LogP contribution in [0.3, 0.4) is 0 Å². The lowest BCUT2D eigenvalue weighted by atomic mass is 9.96. The summed E-state index contributed by atoms with van der Waals surface area (Å²) in [5.41, 5.74) is -1.87. The molecule has 1 nitrogen and oxygen atoms in total. The van der Waals surface area contributed by atoms with Gasteiger partial charge >= 0.3 is 6.18 Å². The minimum Gasteiger partial charge on any atom is -0.386 e. The Kier molecular flexibility index (Phi) is 2.58. The third-order valence-electron chi connectivity index (χ3n) is 1.82. The number of aliphatic hydroxyl groups is 1. The van der Waals surface area contributed by atoms with Crippen LogP contribution >= 0.6 is 0 Å². The second-order valence-corrected chi connectivity index (χ2v) is 3.57. The highest BCUT2D eigenvalue weighted by atomic mass is 19.4. The van der Waals surface area contributed by atoms with E-state index < -0.39 is 17.3 Å². The Labute approximate surface area is 80.2 Å². The SMILES string of the molecule is CC(C)(O)c1c[c]cc(C(F)(F)F)c1. The molecule has 0 saturated heterocycles. The second-order valence-electron chi connectivity index (χ2n) is 3.57. The van der Waals surface area contributed by atoms with Crippen molar-refractivity contribution >= 4 is 0 Å². The monoisotopic (exact) mass is 203 g/mol. The highest BCUT2D eigenvalue weighted by Crippen LogP contribution is 2.31. The molecule has 1 aromatic rings. The number of rotatable bonds is 1. The fourth-order valence-electron chi connectivity index (χ4n) is 0.989. The smallest absolute Gasteiger partial charge is 0.386 e. The predicted octanol–water partition coefficient (Wildman–Crippen LogP) is 2.73. The molecule has 14 heavy (non-hydrogen) atoms. The zero-order valence-corrected chi connectivity index (χ0v) is 7.81. The highest BCUT2D eigenvalue weighted by molar-refractivity contribution is 5.28. The number of hydrogen-bond acceptors (Lipinski definition) is 1. The lowest BCUT2D eigenvalue weighted by Crippen LogP contribution is -2.17. The molecule has 0 amide bonds. The van der Waals surface area contributed by atoms with Crippen molar-refractivity contribution in [3.8, 4) is 0 Å². The molecule has 77 valence electrons. The van der Waals surface area contributed by atoms with E-state index in [1.54, 1.807) is 0 Å². The lowest BCUT2D eigenvalue weighted by molar-refractivity contribution is -0.137. The van der Waals surface area contributed by atoms with Crippen molar-refractivity contribution in [3.05, 3.63) is 35.4 Å². The summed E-state index contributed by atoms with van der Waals surface area (Å²) >= 11 is 0. The molecule has 1 N–H and O–H groups in total. The Morgan fingerprint density at radius 1 is 1.14 bits per heavy atom. The van der Waals surface area contributed by atoms with E-state index in [0.717, 1.165) is 12.1 Å². The van der Waals surface area contributed by atoms with Gasteiger partial charge in [-0.15, -0.1) is 0 Å². The molecule has 0 heterocycles. The first-order valence-corrected chi connectivity index (χ1v) is 4.02. The molecule has 0 aliphatic carbocycles. The molecule has 0 bridgehead atoms. The van der Waals surface area contributed by atoms with Crippen molar-refractivity contribution in [2.45, 2.75) is 25.6 Å². The van der Waals surface area contributed by atoms with E-state index in [2.05, 4.69) is 6.07 Å². The van der Waals surface area contributed by atoms with Gasteiger partial charge < -0.3 is 5.11 Å². The summed E-state index contributed by atoms with van der Waals surface area (Å²) in [4.78, 5) is 0. The van der Waals surface area contributed by atoms with Crippen LogP contribution in [0, 0.1) is 6.07 Å². The first kappa shape index (κ1) is 11.0. The maximum Gasteiger partial charge on any atom is 0.416 e. The first-order valence-electron chi connectivity index (χ1n) is 4.02. The van der Waals surface area contributed by atoms with Gasteiger partial charge in [0.05, 0.1) is 11.2 Å². The second kappa shape index (κ2) is 3.28. The van der Waals surface area contributed by atoms with Gasteiger partial charge in [-0.05, 0) is 43.7 Å². The molecule has 0 aliphatic rings. The third-order valence-corrected chi connectivity index (χ3v) is 1.82. The van der Waals surface area contributed by atoms with Gasteiger partial charge in [-0.1, -0.05) is 0 Å². The van der Waals surface area contributed by atoms with Crippen LogP contribution in [-0.2, 0) is 11.8 Å². The van der Waals surface area contributed by atoms with E-state index in [9.17, 15) is 18.3 Å². The van der Waals surface area contributed by atoms with E-state index in [1.165, 1.54) is 19.9 Å². The molecule has 0 aliphatic heterocycles. The normalized spacial score (nSPS) is 13.0. The van der Waals surface area contributed by atoms with E-state index in [1.807, 2.05) is 0 Å². The summed E-state index contributed by atoms with van der Waals surface area (Å²) < 4.78 is 36.8. The fourth-order valence-corrected chi connectivity index (χ4v) is 0.989. The maximum atomic E-state index is 12.3. The first-order chi connectivity index (χ1) is 6.21. The average Bonchev–Trinajstić information content (AvgIpc) is 2.01.